The Balaban J connectivity index is 1.79. The van der Waals surface area contributed by atoms with Crippen LogP contribution in [0.1, 0.15) is 5.56 Å². The summed E-state index contributed by atoms with van der Waals surface area (Å²) in [6.45, 7) is 0. The quantitative estimate of drug-likeness (QED) is 0.474. The zero-order valence-electron chi connectivity index (χ0n) is 15.8. The summed E-state index contributed by atoms with van der Waals surface area (Å²) in [5.41, 5.74) is -0.144. The molecule has 1 N–H and O–H groups in total. The van der Waals surface area contributed by atoms with E-state index in [1.807, 2.05) is 0 Å². The number of oxazole rings is 1. The number of alkyl halides is 3. The molecule has 0 saturated heterocycles. The van der Waals surface area contributed by atoms with E-state index in [-0.39, 0.29) is 16.5 Å². The molecule has 0 spiro atoms. The lowest BCUT2D eigenvalue weighted by molar-refractivity contribution is -0.137. The Morgan fingerprint density at radius 1 is 1.06 bits per heavy atom. The fraction of sp³-hybridized carbons (Fsp3) is 0.100. The van der Waals surface area contributed by atoms with E-state index in [1.54, 1.807) is 6.07 Å². The Kier molecular flexibility index (Phi) is 5.05. The average Bonchev–Trinajstić information content (AvgIpc) is 3.24. The maximum Gasteiger partial charge on any atom is 0.416 e. The van der Waals surface area contributed by atoms with Crippen molar-refractivity contribution in [3.05, 3.63) is 66.9 Å². The lowest BCUT2D eigenvalue weighted by atomic mass is 10.0. The van der Waals surface area contributed by atoms with E-state index < -0.39 is 21.8 Å². The molecule has 160 valence electrons. The van der Waals surface area contributed by atoms with Gasteiger partial charge in [0.1, 0.15) is 12.0 Å². The van der Waals surface area contributed by atoms with Gasteiger partial charge in [0.15, 0.2) is 12.2 Å². The van der Waals surface area contributed by atoms with Crippen LogP contribution in [0.25, 0.3) is 22.0 Å². The molecular weight excluding hydrogens is 435 g/mol. The van der Waals surface area contributed by atoms with Gasteiger partial charge in [-0.15, -0.1) is 0 Å². The van der Waals surface area contributed by atoms with Gasteiger partial charge in [0, 0.05) is 17.1 Å². The van der Waals surface area contributed by atoms with E-state index in [1.165, 1.54) is 37.6 Å². The molecular formula is C20H14F3N3O4S. The van der Waals surface area contributed by atoms with Gasteiger partial charge in [-0.3, -0.25) is 9.71 Å². The predicted molar refractivity (Wildman–Crippen MR) is 106 cm³/mol. The monoisotopic (exact) mass is 449 g/mol. The van der Waals surface area contributed by atoms with E-state index >= 15 is 0 Å². The van der Waals surface area contributed by atoms with Crippen molar-refractivity contribution < 1.29 is 30.7 Å². The van der Waals surface area contributed by atoms with Gasteiger partial charge in [-0.05, 0) is 41.8 Å². The second-order valence-corrected chi connectivity index (χ2v) is 8.12. The summed E-state index contributed by atoms with van der Waals surface area (Å²) in [4.78, 5) is 7.98. The molecule has 0 radical (unpaired) electrons. The molecule has 4 rings (SSSR count). The molecule has 0 amide bonds. The number of hydrogen-bond donors (Lipinski definition) is 1. The summed E-state index contributed by atoms with van der Waals surface area (Å²) in [5, 5.41) is 1.07. The number of fused-ring (bicyclic) bond motifs is 1. The second kappa shape index (κ2) is 7.58. The number of ether oxygens (including phenoxy) is 1. The van der Waals surface area contributed by atoms with Crippen molar-refractivity contribution >= 4 is 26.6 Å². The van der Waals surface area contributed by atoms with E-state index in [4.69, 9.17) is 9.15 Å². The van der Waals surface area contributed by atoms with Crippen LogP contribution in [0.5, 0.6) is 5.75 Å². The van der Waals surface area contributed by atoms with Crippen LogP contribution in [0.15, 0.2) is 70.6 Å². The van der Waals surface area contributed by atoms with Gasteiger partial charge in [0.25, 0.3) is 10.0 Å². The molecule has 31 heavy (non-hydrogen) atoms. The molecule has 2 aromatic heterocycles. The van der Waals surface area contributed by atoms with Crippen molar-refractivity contribution in [3.8, 4) is 17.0 Å². The molecule has 0 fully saturated rings. The molecule has 0 atom stereocenters. The first-order valence-electron chi connectivity index (χ1n) is 8.74. The van der Waals surface area contributed by atoms with Crippen LogP contribution >= 0.6 is 0 Å². The molecule has 0 saturated carbocycles. The number of sulfonamides is 1. The molecule has 4 aromatic rings. The van der Waals surface area contributed by atoms with Crippen molar-refractivity contribution in [1.29, 1.82) is 0 Å². The van der Waals surface area contributed by atoms with E-state index in [0.29, 0.717) is 22.0 Å². The zero-order valence-corrected chi connectivity index (χ0v) is 16.7. The minimum atomic E-state index is -4.52. The SMILES string of the molecule is COc1cc(C(F)(F)F)ccc1-c1nccc2cc(S(=O)(=O)Nc3cocn3)ccc12. The number of methoxy groups -OCH3 is 1. The Labute approximate surface area is 174 Å². The number of aromatic nitrogens is 2. The Morgan fingerprint density at radius 2 is 1.87 bits per heavy atom. The average molecular weight is 449 g/mol. The molecule has 2 aromatic carbocycles. The molecule has 2 heterocycles. The van der Waals surface area contributed by atoms with Crippen LogP contribution in [0.4, 0.5) is 19.0 Å². The lowest BCUT2D eigenvalue weighted by Gasteiger charge is -2.14. The molecule has 0 aliphatic heterocycles. The summed E-state index contributed by atoms with van der Waals surface area (Å²) < 4.78 is 76.5. The van der Waals surface area contributed by atoms with Gasteiger partial charge >= 0.3 is 6.18 Å². The third kappa shape index (κ3) is 4.04. The van der Waals surface area contributed by atoms with Crippen LogP contribution < -0.4 is 9.46 Å². The third-order valence-corrected chi connectivity index (χ3v) is 5.85. The van der Waals surface area contributed by atoms with E-state index in [2.05, 4.69) is 14.7 Å². The van der Waals surface area contributed by atoms with Gasteiger partial charge < -0.3 is 9.15 Å². The molecule has 7 nitrogen and oxygen atoms in total. The van der Waals surface area contributed by atoms with Gasteiger partial charge in [-0.2, -0.15) is 18.2 Å². The number of nitrogens with zero attached hydrogens (tertiary/aromatic N) is 2. The number of pyridine rings is 1. The highest BCUT2D eigenvalue weighted by Crippen LogP contribution is 2.38. The molecule has 0 bridgehead atoms. The fourth-order valence-electron chi connectivity index (χ4n) is 3.06. The highest BCUT2D eigenvalue weighted by atomic mass is 32.2. The van der Waals surface area contributed by atoms with Crippen molar-refractivity contribution in [2.75, 3.05) is 11.8 Å². The smallest absolute Gasteiger partial charge is 0.416 e. The Bertz CT molecular complexity index is 1350. The third-order valence-electron chi connectivity index (χ3n) is 4.50. The molecule has 0 aliphatic rings. The van der Waals surface area contributed by atoms with Crippen LogP contribution in [0.3, 0.4) is 0 Å². The number of rotatable bonds is 5. The minimum Gasteiger partial charge on any atom is -0.496 e. The standard InChI is InChI=1S/C20H14F3N3O4S/c1-29-17-9-13(20(21,22)23)2-4-16(17)19-15-5-3-14(8-12(15)6-7-24-19)31(27,28)26-18-10-30-11-25-18/h2-11,26H,1H3. The highest BCUT2D eigenvalue weighted by Gasteiger charge is 2.31. The minimum absolute atomic E-state index is 0.000720. The van der Waals surface area contributed by atoms with Crippen molar-refractivity contribution in [1.82, 2.24) is 9.97 Å². The summed E-state index contributed by atoms with van der Waals surface area (Å²) in [7, 11) is -2.66. The molecule has 0 unspecified atom stereocenters. The first-order chi connectivity index (χ1) is 14.7. The summed E-state index contributed by atoms with van der Waals surface area (Å²) in [6.07, 6.45) is -0.834. The maximum absolute atomic E-state index is 13.0. The zero-order chi connectivity index (χ0) is 22.2. The number of halogens is 3. The first kappa shape index (κ1) is 20.7. The van der Waals surface area contributed by atoms with Crippen molar-refractivity contribution in [2.24, 2.45) is 0 Å². The van der Waals surface area contributed by atoms with Crippen molar-refractivity contribution in [3.63, 3.8) is 0 Å². The summed E-state index contributed by atoms with van der Waals surface area (Å²) in [6, 6.07) is 9.05. The van der Waals surface area contributed by atoms with Gasteiger partial charge in [-0.25, -0.2) is 8.42 Å². The van der Waals surface area contributed by atoms with Crippen LogP contribution in [0, 0.1) is 0 Å². The summed E-state index contributed by atoms with van der Waals surface area (Å²) in [5.74, 6) is 0.0317. The van der Waals surface area contributed by atoms with E-state index in [9.17, 15) is 21.6 Å². The van der Waals surface area contributed by atoms with Crippen LogP contribution in [0.2, 0.25) is 0 Å². The first-order valence-corrected chi connectivity index (χ1v) is 10.2. The largest absolute Gasteiger partial charge is 0.496 e. The highest BCUT2D eigenvalue weighted by molar-refractivity contribution is 7.92. The number of hydrogen-bond acceptors (Lipinski definition) is 6. The normalized spacial score (nSPS) is 12.1. The maximum atomic E-state index is 13.0. The van der Waals surface area contributed by atoms with Gasteiger partial charge in [0.2, 0.25) is 0 Å². The van der Waals surface area contributed by atoms with Gasteiger partial charge in [0.05, 0.1) is 23.3 Å². The summed E-state index contributed by atoms with van der Waals surface area (Å²) >= 11 is 0. The lowest BCUT2D eigenvalue weighted by Crippen LogP contribution is -2.13. The van der Waals surface area contributed by atoms with Crippen LogP contribution in [-0.2, 0) is 16.2 Å². The second-order valence-electron chi connectivity index (χ2n) is 6.43. The van der Waals surface area contributed by atoms with Crippen LogP contribution in [-0.4, -0.2) is 25.5 Å². The Morgan fingerprint density at radius 3 is 2.55 bits per heavy atom. The Hall–Kier alpha value is -3.60. The molecule has 0 aliphatic carbocycles. The topological polar surface area (TPSA) is 94.3 Å². The fourth-order valence-corrected chi connectivity index (χ4v) is 4.08. The number of benzene rings is 2. The van der Waals surface area contributed by atoms with Crippen molar-refractivity contribution in [2.45, 2.75) is 11.1 Å². The van der Waals surface area contributed by atoms with E-state index in [0.717, 1.165) is 24.8 Å². The molecule has 11 heteroatoms. The van der Waals surface area contributed by atoms with Gasteiger partial charge in [-0.1, -0.05) is 6.07 Å². The number of nitrogens with one attached hydrogen (secondary N) is 1. The predicted octanol–water partition coefficient (Wildman–Crippen LogP) is 4.72. The number of anilines is 1.